The number of rotatable bonds is 6. The molecule has 0 radical (unpaired) electrons. The first-order valence-electron chi connectivity index (χ1n) is 7.99. The minimum atomic E-state index is -0.268. The molecule has 0 aliphatic carbocycles. The smallest absolute Gasteiger partial charge is 0.262 e. The number of aromatic nitrogens is 4. The van der Waals surface area contributed by atoms with E-state index in [0.29, 0.717) is 28.7 Å². The molecule has 1 N–H and O–H groups in total. The maximum absolute atomic E-state index is 12.2. The Kier molecular flexibility index (Phi) is 5.12. The number of hydrogen-bond acceptors (Lipinski definition) is 6. The molecule has 0 atom stereocenters. The molecule has 0 aliphatic heterocycles. The Balaban J connectivity index is 1.70. The van der Waals surface area contributed by atoms with Gasteiger partial charge in [-0.1, -0.05) is 17.7 Å². The van der Waals surface area contributed by atoms with Gasteiger partial charge < -0.3 is 14.8 Å². The Morgan fingerprint density at radius 3 is 2.58 bits per heavy atom. The number of carbonyl (C=O) groups excluding carboxylic acids is 1. The van der Waals surface area contributed by atoms with E-state index in [1.54, 1.807) is 32.2 Å². The Morgan fingerprint density at radius 2 is 1.92 bits per heavy atom. The number of aryl methyl sites for hydroxylation is 2. The molecule has 0 unspecified atom stereocenters. The number of nitrogens with zero attached hydrogens (tertiary/aromatic N) is 4. The van der Waals surface area contributed by atoms with Crippen LogP contribution in [0.25, 0.3) is 5.69 Å². The summed E-state index contributed by atoms with van der Waals surface area (Å²) < 4.78 is 12.4. The third kappa shape index (κ3) is 3.97. The van der Waals surface area contributed by atoms with Crippen molar-refractivity contribution in [2.24, 2.45) is 0 Å². The molecular formula is C18H19N5O3. The van der Waals surface area contributed by atoms with Crippen LogP contribution in [-0.4, -0.2) is 39.8 Å². The molecule has 0 aliphatic rings. The minimum Gasteiger partial charge on any atom is -0.494 e. The van der Waals surface area contributed by atoms with Crippen LogP contribution in [0.5, 0.6) is 11.5 Å². The van der Waals surface area contributed by atoms with E-state index in [9.17, 15) is 4.79 Å². The molecule has 3 rings (SSSR count). The number of carbonyl (C=O) groups is 1. The van der Waals surface area contributed by atoms with Gasteiger partial charge in [0.15, 0.2) is 12.4 Å². The fraction of sp³-hybridized carbons (Fsp3) is 0.222. The van der Waals surface area contributed by atoms with Gasteiger partial charge in [0.05, 0.1) is 7.11 Å². The van der Waals surface area contributed by atoms with Crippen LogP contribution in [0.4, 0.5) is 5.69 Å². The lowest BCUT2D eigenvalue weighted by Crippen LogP contribution is -2.20. The molecule has 134 valence electrons. The van der Waals surface area contributed by atoms with E-state index in [1.165, 1.54) is 4.68 Å². The summed E-state index contributed by atoms with van der Waals surface area (Å²) in [6.07, 6.45) is 0. The van der Waals surface area contributed by atoms with Crippen molar-refractivity contribution in [3.05, 3.63) is 53.9 Å². The van der Waals surface area contributed by atoms with Crippen molar-refractivity contribution in [2.45, 2.75) is 13.8 Å². The van der Waals surface area contributed by atoms with Gasteiger partial charge in [-0.2, -0.15) is 4.68 Å². The summed E-state index contributed by atoms with van der Waals surface area (Å²) in [5.74, 6) is 1.57. The number of ether oxygens (including phenoxy) is 2. The molecule has 1 aromatic heterocycles. The van der Waals surface area contributed by atoms with Gasteiger partial charge in [-0.15, -0.1) is 5.10 Å². The van der Waals surface area contributed by atoms with E-state index < -0.39 is 0 Å². The topological polar surface area (TPSA) is 91.2 Å². The largest absolute Gasteiger partial charge is 0.494 e. The van der Waals surface area contributed by atoms with Crippen molar-refractivity contribution in [2.75, 3.05) is 19.0 Å². The highest BCUT2D eigenvalue weighted by molar-refractivity contribution is 5.92. The van der Waals surface area contributed by atoms with Crippen LogP contribution in [0.3, 0.4) is 0 Å². The molecule has 8 heteroatoms. The molecule has 1 heterocycles. The molecular weight excluding hydrogens is 334 g/mol. The van der Waals surface area contributed by atoms with Crippen LogP contribution in [0, 0.1) is 13.8 Å². The SMILES string of the molecule is COc1ccc(NC(=O)COc2ccc(C)cc2)cc1-n1nnnc1C. The van der Waals surface area contributed by atoms with Gasteiger partial charge in [0, 0.05) is 5.69 Å². The summed E-state index contributed by atoms with van der Waals surface area (Å²) in [5.41, 5.74) is 2.35. The third-order valence-electron chi connectivity index (χ3n) is 3.71. The van der Waals surface area contributed by atoms with Crippen LogP contribution >= 0.6 is 0 Å². The van der Waals surface area contributed by atoms with Crippen molar-refractivity contribution in [1.29, 1.82) is 0 Å². The van der Waals surface area contributed by atoms with Crippen LogP contribution < -0.4 is 14.8 Å². The van der Waals surface area contributed by atoms with E-state index in [1.807, 2.05) is 31.2 Å². The zero-order chi connectivity index (χ0) is 18.5. The molecule has 0 bridgehead atoms. The summed E-state index contributed by atoms with van der Waals surface area (Å²) in [4.78, 5) is 12.2. The molecule has 8 nitrogen and oxygen atoms in total. The lowest BCUT2D eigenvalue weighted by Gasteiger charge is -2.12. The standard InChI is InChI=1S/C18H19N5O3/c1-12-4-7-15(8-5-12)26-11-18(24)19-14-6-9-17(25-3)16(10-14)23-13(2)20-21-22-23/h4-10H,11H2,1-3H3,(H,19,24). The van der Waals surface area contributed by atoms with Crippen molar-refractivity contribution < 1.29 is 14.3 Å². The van der Waals surface area contributed by atoms with E-state index in [2.05, 4.69) is 20.8 Å². The van der Waals surface area contributed by atoms with Gasteiger partial charge in [0.25, 0.3) is 5.91 Å². The molecule has 1 amide bonds. The van der Waals surface area contributed by atoms with Gasteiger partial charge in [0.1, 0.15) is 17.2 Å². The quantitative estimate of drug-likeness (QED) is 0.731. The number of anilines is 1. The summed E-state index contributed by atoms with van der Waals surface area (Å²) in [5, 5.41) is 14.2. The molecule has 0 saturated heterocycles. The second-order valence-electron chi connectivity index (χ2n) is 5.67. The number of amides is 1. The Bertz CT molecular complexity index is 905. The molecule has 2 aromatic carbocycles. The summed E-state index contributed by atoms with van der Waals surface area (Å²) >= 11 is 0. The van der Waals surface area contributed by atoms with E-state index in [-0.39, 0.29) is 12.5 Å². The van der Waals surface area contributed by atoms with Crippen LogP contribution in [0.2, 0.25) is 0 Å². The van der Waals surface area contributed by atoms with E-state index in [0.717, 1.165) is 5.56 Å². The fourth-order valence-corrected chi connectivity index (χ4v) is 2.37. The minimum absolute atomic E-state index is 0.0890. The zero-order valence-corrected chi connectivity index (χ0v) is 14.8. The molecule has 0 saturated carbocycles. The number of tetrazole rings is 1. The van der Waals surface area contributed by atoms with Crippen molar-refractivity contribution >= 4 is 11.6 Å². The van der Waals surface area contributed by atoms with E-state index >= 15 is 0 Å². The Labute approximate surface area is 150 Å². The number of methoxy groups -OCH3 is 1. The first-order valence-corrected chi connectivity index (χ1v) is 7.99. The summed E-state index contributed by atoms with van der Waals surface area (Å²) in [7, 11) is 1.56. The van der Waals surface area contributed by atoms with Gasteiger partial charge in [-0.3, -0.25) is 4.79 Å². The maximum atomic E-state index is 12.2. The van der Waals surface area contributed by atoms with Gasteiger partial charge in [-0.25, -0.2) is 0 Å². The third-order valence-corrected chi connectivity index (χ3v) is 3.71. The first kappa shape index (κ1) is 17.4. The lowest BCUT2D eigenvalue weighted by molar-refractivity contribution is -0.118. The predicted molar refractivity (Wildman–Crippen MR) is 95.7 cm³/mol. The highest BCUT2D eigenvalue weighted by atomic mass is 16.5. The van der Waals surface area contributed by atoms with Crippen molar-refractivity contribution in [3.63, 3.8) is 0 Å². The maximum Gasteiger partial charge on any atom is 0.262 e. The predicted octanol–water partition coefficient (Wildman–Crippen LogP) is 2.31. The van der Waals surface area contributed by atoms with Gasteiger partial charge in [0.2, 0.25) is 0 Å². The average molecular weight is 353 g/mol. The molecule has 3 aromatic rings. The average Bonchev–Trinajstić information content (AvgIpc) is 3.07. The van der Waals surface area contributed by atoms with Crippen LogP contribution in [0.1, 0.15) is 11.4 Å². The number of benzene rings is 2. The lowest BCUT2D eigenvalue weighted by atomic mass is 10.2. The van der Waals surface area contributed by atoms with E-state index in [4.69, 9.17) is 9.47 Å². The van der Waals surface area contributed by atoms with Crippen molar-refractivity contribution in [3.8, 4) is 17.2 Å². The van der Waals surface area contributed by atoms with Crippen LogP contribution in [0.15, 0.2) is 42.5 Å². The summed E-state index contributed by atoms with van der Waals surface area (Å²) in [6.45, 7) is 3.68. The highest BCUT2D eigenvalue weighted by Gasteiger charge is 2.12. The summed E-state index contributed by atoms with van der Waals surface area (Å²) in [6, 6.07) is 12.7. The molecule has 0 fully saturated rings. The Hall–Kier alpha value is -3.42. The fourth-order valence-electron chi connectivity index (χ4n) is 2.37. The Morgan fingerprint density at radius 1 is 1.15 bits per heavy atom. The number of hydrogen-bond donors (Lipinski definition) is 1. The van der Waals surface area contributed by atoms with Gasteiger partial charge >= 0.3 is 0 Å². The first-order chi connectivity index (χ1) is 12.6. The number of nitrogens with one attached hydrogen (secondary N) is 1. The zero-order valence-electron chi connectivity index (χ0n) is 14.8. The second kappa shape index (κ2) is 7.64. The normalized spacial score (nSPS) is 10.4. The van der Waals surface area contributed by atoms with Gasteiger partial charge in [-0.05, 0) is 54.6 Å². The van der Waals surface area contributed by atoms with Crippen molar-refractivity contribution in [1.82, 2.24) is 20.2 Å². The van der Waals surface area contributed by atoms with Crippen LogP contribution in [-0.2, 0) is 4.79 Å². The molecule has 0 spiro atoms. The second-order valence-corrected chi connectivity index (χ2v) is 5.67. The highest BCUT2D eigenvalue weighted by Crippen LogP contribution is 2.26. The monoisotopic (exact) mass is 353 g/mol. The molecule has 26 heavy (non-hydrogen) atoms.